The van der Waals surface area contributed by atoms with Crippen molar-refractivity contribution in [3.8, 4) is 0 Å². The Labute approximate surface area is 84.8 Å². The highest BCUT2D eigenvalue weighted by Gasteiger charge is 2.27. The summed E-state index contributed by atoms with van der Waals surface area (Å²) in [5.41, 5.74) is 0. The van der Waals surface area contributed by atoms with E-state index in [0.29, 0.717) is 0 Å². The first-order chi connectivity index (χ1) is 6.72. The molecule has 0 fully saturated rings. The molecule has 14 heavy (non-hydrogen) atoms. The van der Waals surface area contributed by atoms with Gasteiger partial charge in [-0.05, 0) is 0 Å². The second-order valence-corrected chi connectivity index (χ2v) is 3.18. The monoisotopic (exact) mass is 202 g/mol. The first-order valence-corrected chi connectivity index (χ1v) is 4.45. The van der Waals surface area contributed by atoms with Crippen LogP contribution in [0.25, 0.3) is 0 Å². The molecule has 0 aromatic rings. The molecule has 0 bridgehead atoms. The predicted octanol–water partition coefficient (Wildman–Crippen LogP) is 0.254. The third-order valence-electron chi connectivity index (χ3n) is 2.16. The van der Waals surface area contributed by atoms with Gasteiger partial charge in [-0.25, -0.2) is 0 Å². The van der Waals surface area contributed by atoms with E-state index in [0.717, 1.165) is 6.67 Å². The van der Waals surface area contributed by atoms with Crippen LogP contribution in [0.1, 0.15) is 0 Å². The van der Waals surface area contributed by atoms with Crippen LogP contribution in [0, 0.1) is 0 Å². The molecular formula is C9H18N2O3. The lowest BCUT2D eigenvalue weighted by molar-refractivity contribution is -0.211. The lowest BCUT2D eigenvalue weighted by Crippen LogP contribution is -2.44. The zero-order chi connectivity index (χ0) is 10.6. The summed E-state index contributed by atoms with van der Waals surface area (Å²) in [6, 6.07) is 0. The number of hydrogen-bond acceptors (Lipinski definition) is 5. The van der Waals surface area contributed by atoms with Crippen molar-refractivity contribution in [2.45, 2.75) is 12.5 Å². The van der Waals surface area contributed by atoms with Crippen LogP contribution in [-0.4, -0.2) is 57.4 Å². The molecule has 0 N–H and O–H groups in total. The Kier molecular flexibility index (Phi) is 4.19. The number of hydrogen-bond donors (Lipinski definition) is 0. The fourth-order valence-corrected chi connectivity index (χ4v) is 1.45. The minimum Gasteiger partial charge on any atom is -0.362 e. The smallest absolute Gasteiger partial charge is 0.202 e. The van der Waals surface area contributed by atoms with E-state index in [4.69, 9.17) is 14.2 Å². The summed E-state index contributed by atoms with van der Waals surface area (Å²) < 4.78 is 15.6. The van der Waals surface area contributed by atoms with Gasteiger partial charge in [-0.3, -0.25) is 0 Å². The molecule has 82 valence electrons. The van der Waals surface area contributed by atoms with E-state index in [1.54, 1.807) is 21.3 Å². The van der Waals surface area contributed by atoms with Crippen LogP contribution in [0.2, 0.25) is 0 Å². The summed E-state index contributed by atoms with van der Waals surface area (Å²) in [4.78, 5) is 4.06. The quantitative estimate of drug-likeness (QED) is 0.597. The Hall–Kier alpha value is -0.780. The topological polar surface area (TPSA) is 34.2 Å². The van der Waals surface area contributed by atoms with Crippen LogP contribution >= 0.6 is 0 Å². The molecule has 0 aromatic heterocycles. The maximum atomic E-state index is 5.32. The van der Waals surface area contributed by atoms with Crippen LogP contribution in [-0.2, 0) is 14.2 Å². The highest BCUT2D eigenvalue weighted by Crippen LogP contribution is 2.14. The van der Waals surface area contributed by atoms with E-state index < -0.39 is 0 Å². The van der Waals surface area contributed by atoms with Crippen molar-refractivity contribution < 1.29 is 14.2 Å². The maximum absolute atomic E-state index is 5.32. The largest absolute Gasteiger partial charge is 0.362 e. The molecule has 1 rings (SSSR count). The highest BCUT2D eigenvalue weighted by atomic mass is 16.7. The second kappa shape index (κ2) is 5.19. The van der Waals surface area contributed by atoms with E-state index >= 15 is 0 Å². The van der Waals surface area contributed by atoms with E-state index in [1.165, 1.54) is 0 Å². The summed E-state index contributed by atoms with van der Waals surface area (Å²) in [6.07, 6.45) is 3.34. The highest BCUT2D eigenvalue weighted by molar-refractivity contribution is 4.90. The van der Waals surface area contributed by atoms with Gasteiger partial charge in [-0.15, -0.1) is 0 Å². The minimum absolute atomic E-state index is 0.216. The Morgan fingerprint density at radius 1 is 1.07 bits per heavy atom. The van der Waals surface area contributed by atoms with Gasteiger partial charge in [0, 0.05) is 40.8 Å². The van der Waals surface area contributed by atoms with Crippen LogP contribution in [0.5, 0.6) is 0 Å². The molecule has 1 heterocycles. The van der Waals surface area contributed by atoms with Gasteiger partial charge in [-0.2, -0.15) is 0 Å². The van der Waals surface area contributed by atoms with Crippen molar-refractivity contribution in [2.24, 2.45) is 0 Å². The zero-order valence-corrected chi connectivity index (χ0v) is 9.14. The standard InChI is InChI=1S/C9H18N2O3/c1-10-5-6-11(7-10)8(12-2)9(13-3)14-4/h5-6,8-9H,7H2,1-4H3. The molecule has 0 spiro atoms. The molecular weight excluding hydrogens is 184 g/mol. The molecule has 0 aliphatic carbocycles. The molecule has 0 saturated carbocycles. The molecule has 0 amide bonds. The van der Waals surface area contributed by atoms with Crippen molar-refractivity contribution in [3.63, 3.8) is 0 Å². The molecule has 1 aliphatic heterocycles. The van der Waals surface area contributed by atoms with Crippen LogP contribution in [0.15, 0.2) is 12.4 Å². The third kappa shape index (κ3) is 2.37. The van der Waals surface area contributed by atoms with Gasteiger partial charge in [0.05, 0.1) is 6.67 Å². The lowest BCUT2D eigenvalue weighted by Gasteiger charge is -2.31. The van der Waals surface area contributed by atoms with Crippen molar-refractivity contribution in [2.75, 3.05) is 35.0 Å². The number of ether oxygens (including phenoxy) is 3. The van der Waals surface area contributed by atoms with Crippen LogP contribution < -0.4 is 0 Å². The van der Waals surface area contributed by atoms with E-state index in [-0.39, 0.29) is 12.5 Å². The molecule has 1 aliphatic rings. The Bertz CT molecular complexity index is 194. The molecule has 1 unspecified atom stereocenters. The molecule has 0 aromatic carbocycles. The SMILES string of the molecule is COC(OC)C(OC)N1C=CN(C)C1. The first kappa shape index (κ1) is 11.3. The molecule has 5 nitrogen and oxygen atoms in total. The average Bonchev–Trinajstić information content (AvgIpc) is 2.60. The second-order valence-electron chi connectivity index (χ2n) is 3.18. The summed E-state index contributed by atoms with van der Waals surface area (Å²) in [6.45, 7) is 0.779. The maximum Gasteiger partial charge on any atom is 0.202 e. The molecule has 5 heteroatoms. The molecule has 0 saturated heterocycles. The normalized spacial score (nSPS) is 18.4. The van der Waals surface area contributed by atoms with Crippen LogP contribution in [0.3, 0.4) is 0 Å². The van der Waals surface area contributed by atoms with Gasteiger partial charge in [0.15, 0.2) is 6.23 Å². The Morgan fingerprint density at radius 3 is 2.07 bits per heavy atom. The fourth-order valence-electron chi connectivity index (χ4n) is 1.45. The average molecular weight is 202 g/mol. The van der Waals surface area contributed by atoms with Gasteiger partial charge in [0.2, 0.25) is 6.29 Å². The zero-order valence-electron chi connectivity index (χ0n) is 9.14. The van der Waals surface area contributed by atoms with Gasteiger partial charge in [0.25, 0.3) is 0 Å². The summed E-state index contributed by atoms with van der Waals surface area (Å²) in [7, 11) is 6.84. The van der Waals surface area contributed by atoms with Crippen molar-refractivity contribution in [3.05, 3.63) is 12.4 Å². The fraction of sp³-hybridized carbons (Fsp3) is 0.778. The number of methoxy groups -OCH3 is 3. The number of rotatable bonds is 5. The van der Waals surface area contributed by atoms with Gasteiger partial charge in [0.1, 0.15) is 0 Å². The summed E-state index contributed by atoms with van der Waals surface area (Å²) >= 11 is 0. The summed E-state index contributed by atoms with van der Waals surface area (Å²) in [5, 5.41) is 0. The van der Waals surface area contributed by atoms with Crippen molar-refractivity contribution in [1.29, 1.82) is 0 Å². The van der Waals surface area contributed by atoms with E-state index in [9.17, 15) is 0 Å². The van der Waals surface area contributed by atoms with E-state index in [1.807, 2.05) is 24.3 Å². The van der Waals surface area contributed by atoms with Gasteiger partial charge < -0.3 is 24.0 Å². The Morgan fingerprint density at radius 2 is 1.71 bits per heavy atom. The summed E-state index contributed by atoms with van der Waals surface area (Å²) in [5.74, 6) is 0. The van der Waals surface area contributed by atoms with Crippen molar-refractivity contribution >= 4 is 0 Å². The first-order valence-electron chi connectivity index (χ1n) is 4.45. The molecule has 1 atom stereocenters. The number of nitrogens with zero attached hydrogens (tertiary/aromatic N) is 2. The Balaban J connectivity index is 2.57. The third-order valence-corrected chi connectivity index (χ3v) is 2.16. The van der Waals surface area contributed by atoms with Gasteiger partial charge in [-0.1, -0.05) is 0 Å². The van der Waals surface area contributed by atoms with E-state index in [2.05, 4.69) is 4.90 Å². The van der Waals surface area contributed by atoms with Gasteiger partial charge >= 0.3 is 0 Å². The lowest BCUT2D eigenvalue weighted by atomic mass is 10.5. The predicted molar refractivity (Wildman–Crippen MR) is 52.2 cm³/mol. The van der Waals surface area contributed by atoms with Crippen LogP contribution in [0.4, 0.5) is 0 Å². The van der Waals surface area contributed by atoms with Crippen molar-refractivity contribution in [1.82, 2.24) is 9.80 Å². The minimum atomic E-state index is -0.379. The molecule has 0 radical (unpaired) electrons.